The van der Waals surface area contributed by atoms with E-state index in [-0.39, 0.29) is 10.8 Å². The number of alkyl halides is 3. The molecule has 0 aromatic carbocycles. The minimum absolute atomic E-state index is 0.130. The van der Waals surface area contributed by atoms with Gasteiger partial charge in [0.05, 0.1) is 5.38 Å². The molecule has 0 bridgehead atoms. The minimum Gasteiger partial charge on any atom is -0.468 e. The zero-order chi connectivity index (χ0) is 17.6. The maximum atomic E-state index is 13.5. The largest absolute Gasteiger partial charge is 0.468 e. The van der Waals surface area contributed by atoms with Crippen LogP contribution >= 0.6 is 0 Å². The first-order valence-electron chi connectivity index (χ1n) is 7.40. The van der Waals surface area contributed by atoms with Crippen LogP contribution in [-0.2, 0) is 4.43 Å². The topological polar surface area (TPSA) is 22.4 Å². The summed E-state index contributed by atoms with van der Waals surface area (Å²) in [6.07, 6.45) is -6.47. The summed E-state index contributed by atoms with van der Waals surface area (Å²) in [5.74, 6) is -0.130. The quantitative estimate of drug-likeness (QED) is 0.672. The Bertz CT molecular complexity index is 508. The van der Waals surface area contributed by atoms with Crippen molar-refractivity contribution in [3.05, 3.63) is 17.9 Å². The van der Waals surface area contributed by atoms with E-state index in [1.54, 1.807) is 6.07 Å². The highest BCUT2D eigenvalue weighted by atomic mass is 28.4. The second-order valence-electron chi connectivity index (χ2n) is 8.25. The second-order valence-corrected chi connectivity index (χ2v) is 18.0. The van der Waals surface area contributed by atoms with Gasteiger partial charge in [-0.25, -0.2) is 0 Å². The Morgan fingerprint density at radius 1 is 1.00 bits per heavy atom. The van der Waals surface area contributed by atoms with Gasteiger partial charge in [-0.3, -0.25) is 0 Å². The SMILES string of the molecule is CC(C)(C)[Si](C)(C)OC(c1ccc([Si](C)(C)C)o1)C(F)(F)F. The maximum Gasteiger partial charge on any atom is 0.420 e. The van der Waals surface area contributed by atoms with Gasteiger partial charge in [-0.05, 0) is 30.3 Å². The molecule has 0 fully saturated rings. The Morgan fingerprint density at radius 2 is 1.50 bits per heavy atom. The first kappa shape index (κ1) is 19.5. The average Bonchev–Trinajstić information content (AvgIpc) is 2.70. The van der Waals surface area contributed by atoms with Crippen LogP contribution in [0.5, 0.6) is 0 Å². The number of furan rings is 1. The normalized spacial score (nSPS) is 16.0. The van der Waals surface area contributed by atoms with Gasteiger partial charge in [0, 0.05) is 0 Å². The monoisotopic (exact) mass is 352 g/mol. The molecule has 0 radical (unpaired) electrons. The van der Waals surface area contributed by atoms with Gasteiger partial charge in [0.25, 0.3) is 0 Å². The number of rotatable bonds is 4. The first-order chi connectivity index (χ1) is 9.56. The van der Waals surface area contributed by atoms with Gasteiger partial charge in [0.15, 0.2) is 8.32 Å². The van der Waals surface area contributed by atoms with Crippen molar-refractivity contribution in [2.24, 2.45) is 0 Å². The molecule has 0 N–H and O–H groups in total. The predicted octanol–water partition coefficient (Wildman–Crippen LogP) is 5.45. The van der Waals surface area contributed by atoms with E-state index in [1.807, 2.05) is 53.5 Å². The van der Waals surface area contributed by atoms with Crippen molar-refractivity contribution >= 4 is 21.8 Å². The van der Waals surface area contributed by atoms with Crippen LogP contribution in [0.25, 0.3) is 0 Å². The lowest BCUT2D eigenvalue weighted by molar-refractivity contribution is -0.206. The molecule has 1 aromatic rings. The summed E-state index contributed by atoms with van der Waals surface area (Å²) in [5.41, 5.74) is 0. The third kappa shape index (κ3) is 4.49. The van der Waals surface area contributed by atoms with E-state index in [1.165, 1.54) is 6.07 Å². The van der Waals surface area contributed by atoms with Crippen LogP contribution in [0.3, 0.4) is 0 Å². The van der Waals surface area contributed by atoms with Crippen LogP contribution in [0.4, 0.5) is 13.2 Å². The second kappa shape index (κ2) is 5.83. The van der Waals surface area contributed by atoms with Crippen LogP contribution in [0, 0.1) is 0 Å². The summed E-state index contributed by atoms with van der Waals surface area (Å²) in [7, 11) is -4.36. The molecule has 1 heterocycles. The number of hydrogen-bond acceptors (Lipinski definition) is 2. The van der Waals surface area contributed by atoms with Crippen molar-refractivity contribution in [3.63, 3.8) is 0 Å². The lowest BCUT2D eigenvalue weighted by Gasteiger charge is -2.39. The lowest BCUT2D eigenvalue weighted by Crippen LogP contribution is -2.44. The Kier molecular flexibility index (Phi) is 5.17. The van der Waals surface area contributed by atoms with Gasteiger partial charge >= 0.3 is 6.18 Å². The lowest BCUT2D eigenvalue weighted by atomic mass is 10.2. The van der Waals surface area contributed by atoms with Gasteiger partial charge in [0.2, 0.25) is 6.10 Å². The average molecular weight is 353 g/mol. The molecule has 1 atom stereocenters. The zero-order valence-electron chi connectivity index (χ0n) is 14.7. The molecular formula is C15H27F3O2Si2. The van der Waals surface area contributed by atoms with Crippen LogP contribution < -0.4 is 5.38 Å². The Hall–Kier alpha value is -0.536. The first-order valence-corrected chi connectivity index (χ1v) is 13.8. The Labute approximate surface area is 133 Å². The molecule has 0 saturated carbocycles. The fourth-order valence-corrected chi connectivity index (χ4v) is 3.85. The van der Waals surface area contributed by atoms with E-state index in [0.717, 1.165) is 0 Å². The van der Waals surface area contributed by atoms with Gasteiger partial charge in [-0.15, -0.1) is 0 Å². The van der Waals surface area contributed by atoms with Crippen molar-refractivity contribution < 1.29 is 22.0 Å². The van der Waals surface area contributed by atoms with E-state index in [9.17, 15) is 13.2 Å². The van der Waals surface area contributed by atoms with E-state index in [2.05, 4.69) is 0 Å². The Balaban J connectivity index is 3.19. The summed E-state index contributed by atoms with van der Waals surface area (Å²) in [4.78, 5) is 0. The van der Waals surface area contributed by atoms with Crippen LogP contribution in [0.15, 0.2) is 16.5 Å². The van der Waals surface area contributed by atoms with Gasteiger partial charge < -0.3 is 8.84 Å². The van der Waals surface area contributed by atoms with E-state index < -0.39 is 28.7 Å². The molecule has 0 spiro atoms. The predicted molar refractivity (Wildman–Crippen MR) is 88.8 cm³/mol. The molecule has 7 heteroatoms. The van der Waals surface area contributed by atoms with Gasteiger partial charge in [-0.1, -0.05) is 40.4 Å². The standard InChI is InChI=1S/C15H27F3O2Si2/c1-14(2,3)22(7,8)20-13(15(16,17)18)11-9-10-12(19-11)21(4,5)6/h9-10,13H,1-8H3. The third-order valence-electron chi connectivity index (χ3n) is 4.14. The Morgan fingerprint density at radius 3 is 1.82 bits per heavy atom. The number of hydrogen-bond donors (Lipinski definition) is 0. The summed E-state index contributed by atoms with van der Waals surface area (Å²) in [6, 6.07) is 3.08. The molecule has 1 rings (SSSR count). The molecular weight excluding hydrogens is 325 g/mol. The summed E-state index contributed by atoms with van der Waals surface area (Å²) in [6.45, 7) is 15.5. The maximum absolute atomic E-state index is 13.5. The van der Waals surface area contributed by atoms with E-state index in [0.29, 0.717) is 5.38 Å². The van der Waals surface area contributed by atoms with Crippen molar-refractivity contribution in [2.45, 2.75) is 70.8 Å². The highest BCUT2D eigenvalue weighted by Gasteiger charge is 2.50. The molecule has 0 aliphatic heterocycles. The summed E-state index contributed by atoms with van der Waals surface area (Å²) >= 11 is 0. The van der Waals surface area contributed by atoms with Crippen molar-refractivity contribution in [3.8, 4) is 0 Å². The van der Waals surface area contributed by atoms with Crippen LogP contribution in [0.2, 0.25) is 37.8 Å². The minimum atomic E-state index is -4.48. The van der Waals surface area contributed by atoms with Crippen molar-refractivity contribution in [1.29, 1.82) is 0 Å². The zero-order valence-corrected chi connectivity index (χ0v) is 16.7. The smallest absolute Gasteiger partial charge is 0.420 e. The van der Waals surface area contributed by atoms with E-state index in [4.69, 9.17) is 8.84 Å². The molecule has 0 amide bonds. The third-order valence-corrected chi connectivity index (χ3v) is 10.3. The fourth-order valence-electron chi connectivity index (χ4n) is 1.65. The molecule has 0 saturated heterocycles. The molecule has 0 aliphatic carbocycles. The van der Waals surface area contributed by atoms with Crippen LogP contribution in [-0.4, -0.2) is 22.6 Å². The van der Waals surface area contributed by atoms with Gasteiger partial charge in [-0.2, -0.15) is 13.2 Å². The fraction of sp³-hybridized carbons (Fsp3) is 0.733. The molecule has 22 heavy (non-hydrogen) atoms. The molecule has 1 aromatic heterocycles. The molecule has 2 nitrogen and oxygen atoms in total. The van der Waals surface area contributed by atoms with Crippen LogP contribution in [0.1, 0.15) is 32.6 Å². The molecule has 1 unspecified atom stereocenters. The highest BCUT2D eigenvalue weighted by molar-refractivity contribution is 6.87. The van der Waals surface area contributed by atoms with Gasteiger partial charge in [0.1, 0.15) is 13.8 Å². The number of halogens is 3. The summed E-state index contributed by atoms with van der Waals surface area (Å²) < 4.78 is 51.6. The summed E-state index contributed by atoms with van der Waals surface area (Å²) in [5, 5.41) is 0.362. The van der Waals surface area contributed by atoms with E-state index >= 15 is 0 Å². The van der Waals surface area contributed by atoms with Crippen molar-refractivity contribution in [1.82, 2.24) is 0 Å². The molecule has 128 valence electrons. The van der Waals surface area contributed by atoms with Crippen molar-refractivity contribution in [2.75, 3.05) is 0 Å². The highest BCUT2D eigenvalue weighted by Crippen LogP contribution is 2.44. The molecule has 0 aliphatic rings.